The number of halogens is 1. The normalized spacial score (nSPS) is 10.1. The predicted molar refractivity (Wildman–Crippen MR) is 72.3 cm³/mol. The number of rotatable bonds is 3. The van der Waals surface area contributed by atoms with Gasteiger partial charge in [0.05, 0.1) is 5.56 Å². The van der Waals surface area contributed by atoms with Crippen molar-refractivity contribution >= 4 is 29.2 Å². The Morgan fingerprint density at radius 3 is 2.60 bits per heavy atom. The van der Waals surface area contributed by atoms with Gasteiger partial charge in [-0.3, -0.25) is 4.79 Å². The molecule has 1 aromatic heterocycles. The van der Waals surface area contributed by atoms with Gasteiger partial charge >= 0.3 is 5.97 Å². The van der Waals surface area contributed by atoms with E-state index < -0.39 is 11.9 Å². The van der Waals surface area contributed by atoms with Crippen LogP contribution in [0.3, 0.4) is 0 Å². The molecular formula is C13H9ClN2O4. The zero-order valence-electron chi connectivity index (χ0n) is 10.0. The first-order valence-corrected chi connectivity index (χ1v) is 5.84. The molecule has 1 heterocycles. The van der Waals surface area contributed by atoms with Crippen molar-refractivity contribution in [1.82, 2.24) is 4.98 Å². The number of pyridine rings is 1. The van der Waals surface area contributed by atoms with Crippen LogP contribution in [0.5, 0.6) is 5.75 Å². The molecule has 2 aromatic rings. The van der Waals surface area contributed by atoms with Gasteiger partial charge in [0.15, 0.2) is 0 Å². The fourth-order valence-corrected chi connectivity index (χ4v) is 1.69. The number of carbonyl (C=O) groups is 2. The Morgan fingerprint density at radius 2 is 1.95 bits per heavy atom. The first-order valence-electron chi connectivity index (χ1n) is 5.46. The van der Waals surface area contributed by atoms with Crippen LogP contribution in [0, 0.1) is 0 Å². The van der Waals surface area contributed by atoms with E-state index in [1.807, 2.05) is 0 Å². The van der Waals surface area contributed by atoms with E-state index in [-0.39, 0.29) is 22.7 Å². The third-order valence-corrected chi connectivity index (χ3v) is 2.68. The quantitative estimate of drug-likeness (QED) is 0.806. The number of anilines is 1. The molecule has 0 atom stereocenters. The number of benzene rings is 1. The van der Waals surface area contributed by atoms with Gasteiger partial charge in [-0.1, -0.05) is 11.6 Å². The Hall–Kier alpha value is -2.60. The molecule has 0 radical (unpaired) electrons. The topological polar surface area (TPSA) is 99.5 Å². The molecule has 2 rings (SSSR count). The summed E-state index contributed by atoms with van der Waals surface area (Å²) in [6, 6.07) is 6.73. The molecule has 0 saturated heterocycles. The zero-order chi connectivity index (χ0) is 14.7. The fourth-order valence-electron chi connectivity index (χ4n) is 1.52. The number of carboxylic acid groups (broad SMARTS) is 1. The van der Waals surface area contributed by atoms with Crippen molar-refractivity contribution in [2.75, 3.05) is 5.32 Å². The van der Waals surface area contributed by atoms with E-state index in [4.69, 9.17) is 16.7 Å². The fraction of sp³-hybridized carbons (Fsp3) is 0. The molecule has 1 amide bonds. The van der Waals surface area contributed by atoms with Gasteiger partial charge in [0, 0.05) is 16.9 Å². The van der Waals surface area contributed by atoms with E-state index in [2.05, 4.69) is 10.3 Å². The number of phenols is 1. The van der Waals surface area contributed by atoms with Gasteiger partial charge in [-0.25, -0.2) is 9.78 Å². The van der Waals surface area contributed by atoms with Gasteiger partial charge in [-0.2, -0.15) is 0 Å². The number of amides is 1. The number of nitrogens with one attached hydrogen (secondary N) is 1. The van der Waals surface area contributed by atoms with Gasteiger partial charge in [-0.15, -0.1) is 0 Å². The molecule has 7 heteroatoms. The number of hydrogen-bond donors (Lipinski definition) is 3. The lowest BCUT2D eigenvalue weighted by Gasteiger charge is -2.07. The molecule has 0 fully saturated rings. The second-order valence-corrected chi connectivity index (χ2v) is 4.29. The molecule has 3 N–H and O–H groups in total. The Morgan fingerprint density at radius 1 is 1.20 bits per heavy atom. The van der Waals surface area contributed by atoms with E-state index in [0.717, 1.165) is 0 Å². The van der Waals surface area contributed by atoms with Crippen molar-refractivity contribution in [2.45, 2.75) is 0 Å². The molecule has 102 valence electrons. The van der Waals surface area contributed by atoms with Crippen molar-refractivity contribution in [1.29, 1.82) is 0 Å². The highest BCUT2D eigenvalue weighted by atomic mass is 35.5. The maximum absolute atomic E-state index is 11.9. The van der Waals surface area contributed by atoms with Crippen molar-refractivity contribution < 1.29 is 19.8 Å². The molecule has 0 spiro atoms. The number of aromatic carboxylic acids is 1. The van der Waals surface area contributed by atoms with Crippen LogP contribution in [-0.2, 0) is 0 Å². The third kappa shape index (κ3) is 3.04. The molecule has 0 unspecified atom stereocenters. The van der Waals surface area contributed by atoms with E-state index in [0.29, 0.717) is 5.02 Å². The minimum absolute atomic E-state index is 0.0306. The van der Waals surface area contributed by atoms with Crippen molar-refractivity contribution in [3.05, 3.63) is 52.8 Å². The highest BCUT2D eigenvalue weighted by Gasteiger charge is 2.13. The molecule has 0 aliphatic rings. The van der Waals surface area contributed by atoms with Crippen LogP contribution in [0.15, 0.2) is 36.5 Å². The van der Waals surface area contributed by atoms with Crippen molar-refractivity contribution in [3.8, 4) is 5.75 Å². The first-order chi connectivity index (χ1) is 9.47. The van der Waals surface area contributed by atoms with Gasteiger partial charge in [-0.05, 0) is 30.3 Å². The zero-order valence-corrected chi connectivity index (χ0v) is 10.8. The summed E-state index contributed by atoms with van der Waals surface area (Å²) >= 11 is 5.67. The molecule has 0 bridgehead atoms. The largest absolute Gasteiger partial charge is 0.507 e. The number of carboxylic acids is 1. The van der Waals surface area contributed by atoms with E-state index in [9.17, 15) is 14.7 Å². The summed E-state index contributed by atoms with van der Waals surface area (Å²) in [7, 11) is 0. The average molecular weight is 293 g/mol. The van der Waals surface area contributed by atoms with Gasteiger partial charge < -0.3 is 15.5 Å². The van der Waals surface area contributed by atoms with Crippen LogP contribution in [-0.4, -0.2) is 27.1 Å². The van der Waals surface area contributed by atoms with Crippen LogP contribution in [0.25, 0.3) is 0 Å². The predicted octanol–water partition coefficient (Wildman–Crippen LogP) is 2.39. The molecule has 0 saturated carbocycles. The van der Waals surface area contributed by atoms with E-state index >= 15 is 0 Å². The molecule has 20 heavy (non-hydrogen) atoms. The molecule has 6 nitrogen and oxygen atoms in total. The minimum Gasteiger partial charge on any atom is -0.507 e. The Balaban J connectivity index is 2.23. The highest BCUT2D eigenvalue weighted by Crippen LogP contribution is 2.23. The smallest absolute Gasteiger partial charge is 0.354 e. The summed E-state index contributed by atoms with van der Waals surface area (Å²) < 4.78 is 0. The van der Waals surface area contributed by atoms with Gasteiger partial charge in [0.25, 0.3) is 5.91 Å². The Bertz CT molecular complexity index is 688. The van der Waals surface area contributed by atoms with Gasteiger partial charge in [0.1, 0.15) is 11.4 Å². The van der Waals surface area contributed by atoms with Crippen LogP contribution in [0.1, 0.15) is 20.8 Å². The van der Waals surface area contributed by atoms with Crippen molar-refractivity contribution in [3.63, 3.8) is 0 Å². The molecule has 1 aromatic carbocycles. The molecular weight excluding hydrogens is 284 g/mol. The second kappa shape index (κ2) is 5.58. The molecule has 0 aliphatic heterocycles. The second-order valence-electron chi connectivity index (χ2n) is 3.85. The SMILES string of the molecule is O=C(O)c1cc(NC(=O)c2ccc(Cl)cc2O)ccn1. The number of aromatic nitrogens is 1. The van der Waals surface area contributed by atoms with Crippen molar-refractivity contribution in [2.24, 2.45) is 0 Å². The number of hydrogen-bond acceptors (Lipinski definition) is 4. The lowest BCUT2D eigenvalue weighted by Crippen LogP contribution is -2.13. The maximum Gasteiger partial charge on any atom is 0.354 e. The van der Waals surface area contributed by atoms with Crippen LogP contribution < -0.4 is 5.32 Å². The highest BCUT2D eigenvalue weighted by molar-refractivity contribution is 6.31. The minimum atomic E-state index is -1.20. The number of nitrogens with zero attached hydrogens (tertiary/aromatic N) is 1. The average Bonchev–Trinajstić information content (AvgIpc) is 2.38. The number of carbonyl (C=O) groups excluding carboxylic acids is 1. The summed E-state index contributed by atoms with van der Waals surface area (Å²) in [5, 5.41) is 21.2. The van der Waals surface area contributed by atoms with Crippen LogP contribution in [0.4, 0.5) is 5.69 Å². The van der Waals surface area contributed by atoms with Gasteiger partial charge in [0.2, 0.25) is 0 Å². The van der Waals surface area contributed by atoms with E-state index in [1.54, 1.807) is 0 Å². The number of aromatic hydroxyl groups is 1. The maximum atomic E-state index is 11.9. The summed E-state index contributed by atoms with van der Waals surface area (Å²) in [6.07, 6.45) is 1.26. The van der Waals surface area contributed by atoms with E-state index in [1.165, 1.54) is 36.5 Å². The Labute approximate surface area is 118 Å². The van der Waals surface area contributed by atoms with Crippen LogP contribution in [0.2, 0.25) is 5.02 Å². The summed E-state index contributed by atoms with van der Waals surface area (Å²) in [6.45, 7) is 0. The lowest BCUT2D eigenvalue weighted by molar-refractivity contribution is 0.0690. The summed E-state index contributed by atoms with van der Waals surface area (Å²) in [4.78, 5) is 26.3. The number of phenolic OH excluding ortho intramolecular Hbond substituents is 1. The third-order valence-electron chi connectivity index (χ3n) is 2.44. The summed E-state index contributed by atoms with van der Waals surface area (Å²) in [5.41, 5.74) is 0.1000. The Kier molecular flexibility index (Phi) is 3.86. The molecule has 0 aliphatic carbocycles. The first kappa shape index (κ1) is 13.8. The monoisotopic (exact) mass is 292 g/mol. The lowest BCUT2D eigenvalue weighted by atomic mass is 10.2. The standard InChI is InChI=1S/C13H9ClN2O4/c14-7-1-2-9(11(17)5-7)12(18)16-8-3-4-15-10(6-8)13(19)20/h1-6,17H,(H,19,20)(H,15,16,18). The van der Waals surface area contributed by atoms with Crippen LogP contribution >= 0.6 is 11.6 Å². The summed E-state index contributed by atoms with van der Waals surface area (Å²) in [5.74, 6) is -2.04.